The van der Waals surface area contributed by atoms with Crippen LogP contribution in [0.25, 0.3) is 0 Å². The van der Waals surface area contributed by atoms with Gasteiger partial charge in [0, 0.05) is 16.6 Å². The van der Waals surface area contributed by atoms with E-state index in [9.17, 15) is 9.18 Å². The second-order valence-electron chi connectivity index (χ2n) is 4.45. The molecule has 0 aliphatic carbocycles. The summed E-state index contributed by atoms with van der Waals surface area (Å²) in [6, 6.07) is 11.8. The Morgan fingerprint density at radius 1 is 1.23 bits per heavy atom. The van der Waals surface area contributed by atoms with Gasteiger partial charge in [0.2, 0.25) is 0 Å². The Hall–Kier alpha value is -2.08. The van der Waals surface area contributed by atoms with Gasteiger partial charge in [-0.1, -0.05) is 34.1 Å². The number of nitrogens with one attached hydrogen (secondary N) is 1. The molecule has 116 valence electrons. The Balaban J connectivity index is 1.85. The van der Waals surface area contributed by atoms with Crippen LogP contribution in [0.15, 0.2) is 46.9 Å². The van der Waals surface area contributed by atoms with Crippen molar-refractivity contribution in [1.29, 1.82) is 0 Å². The Morgan fingerprint density at radius 2 is 2.00 bits per heavy atom. The fourth-order valence-corrected chi connectivity index (χ4v) is 2.16. The molecule has 0 saturated heterocycles. The smallest absolute Gasteiger partial charge is 0.258 e. The minimum Gasteiger partial charge on any atom is -0.496 e. The molecule has 1 N–H and O–H groups in total. The lowest BCUT2D eigenvalue weighted by atomic mass is 10.2. The molecule has 6 heteroatoms. The van der Waals surface area contributed by atoms with Gasteiger partial charge in [0.25, 0.3) is 5.91 Å². The Morgan fingerprint density at radius 3 is 2.73 bits per heavy atom. The monoisotopic (exact) mass is 367 g/mol. The molecule has 4 nitrogen and oxygen atoms in total. The summed E-state index contributed by atoms with van der Waals surface area (Å²) in [5.41, 5.74) is 0.855. The van der Waals surface area contributed by atoms with Crippen molar-refractivity contribution in [2.45, 2.75) is 6.54 Å². The molecule has 2 aromatic rings. The molecule has 2 rings (SSSR count). The summed E-state index contributed by atoms with van der Waals surface area (Å²) in [7, 11) is 1.57. The number of carbonyl (C=O) groups is 1. The van der Waals surface area contributed by atoms with Gasteiger partial charge in [0.1, 0.15) is 5.75 Å². The molecule has 0 saturated carbocycles. The van der Waals surface area contributed by atoms with Crippen LogP contribution in [0.5, 0.6) is 11.5 Å². The van der Waals surface area contributed by atoms with Gasteiger partial charge in [-0.3, -0.25) is 4.79 Å². The third-order valence-electron chi connectivity index (χ3n) is 2.92. The molecule has 0 bridgehead atoms. The molecule has 22 heavy (non-hydrogen) atoms. The van der Waals surface area contributed by atoms with Crippen molar-refractivity contribution < 1.29 is 18.7 Å². The predicted octanol–water partition coefficient (Wildman–Crippen LogP) is 3.29. The van der Waals surface area contributed by atoms with E-state index in [-0.39, 0.29) is 18.3 Å². The van der Waals surface area contributed by atoms with Gasteiger partial charge < -0.3 is 14.8 Å². The maximum Gasteiger partial charge on any atom is 0.258 e. The topological polar surface area (TPSA) is 47.6 Å². The lowest BCUT2D eigenvalue weighted by molar-refractivity contribution is -0.123. The quantitative estimate of drug-likeness (QED) is 0.851. The highest BCUT2D eigenvalue weighted by Gasteiger charge is 2.08. The zero-order valence-corrected chi connectivity index (χ0v) is 13.5. The lowest BCUT2D eigenvalue weighted by Gasteiger charge is -2.10. The van der Waals surface area contributed by atoms with Crippen LogP contribution in [0.2, 0.25) is 0 Å². The summed E-state index contributed by atoms with van der Waals surface area (Å²) in [5.74, 6) is -0.126. The molecular formula is C16H15BrFNO3. The lowest BCUT2D eigenvalue weighted by Crippen LogP contribution is -2.28. The fourth-order valence-electron chi connectivity index (χ4n) is 1.83. The van der Waals surface area contributed by atoms with E-state index in [4.69, 9.17) is 9.47 Å². The van der Waals surface area contributed by atoms with E-state index in [0.717, 1.165) is 5.56 Å². The highest BCUT2D eigenvalue weighted by Crippen LogP contribution is 2.21. The third-order valence-corrected chi connectivity index (χ3v) is 3.41. The average Bonchev–Trinajstić information content (AvgIpc) is 2.52. The Kier molecular flexibility index (Phi) is 5.77. The highest BCUT2D eigenvalue weighted by molar-refractivity contribution is 9.10. The number of rotatable bonds is 6. The molecule has 0 heterocycles. The summed E-state index contributed by atoms with van der Waals surface area (Å²) in [6.45, 7) is 0.0583. The minimum atomic E-state index is -0.521. The normalized spacial score (nSPS) is 10.1. The van der Waals surface area contributed by atoms with Crippen LogP contribution in [0, 0.1) is 5.82 Å². The molecule has 0 aliphatic rings. The molecule has 0 fully saturated rings. The van der Waals surface area contributed by atoms with Crippen LogP contribution in [0.4, 0.5) is 4.39 Å². The Bertz CT molecular complexity index is 664. The molecule has 0 spiro atoms. The van der Waals surface area contributed by atoms with E-state index in [2.05, 4.69) is 21.2 Å². The number of benzene rings is 2. The molecule has 0 radical (unpaired) electrons. The van der Waals surface area contributed by atoms with E-state index in [1.807, 2.05) is 24.3 Å². The average molecular weight is 368 g/mol. The van der Waals surface area contributed by atoms with Crippen molar-refractivity contribution in [1.82, 2.24) is 5.32 Å². The molecule has 0 atom stereocenters. The van der Waals surface area contributed by atoms with Crippen molar-refractivity contribution in [3.8, 4) is 11.5 Å². The number of para-hydroxylation sites is 1. The number of ether oxygens (including phenoxy) is 2. The van der Waals surface area contributed by atoms with E-state index >= 15 is 0 Å². The summed E-state index contributed by atoms with van der Waals surface area (Å²) < 4.78 is 24.5. The van der Waals surface area contributed by atoms with Gasteiger partial charge >= 0.3 is 0 Å². The Labute approximate surface area is 136 Å². The van der Waals surface area contributed by atoms with Crippen molar-refractivity contribution >= 4 is 21.8 Å². The van der Waals surface area contributed by atoms with Crippen LogP contribution in [-0.2, 0) is 11.3 Å². The van der Waals surface area contributed by atoms with Crippen LogP contribution >= 0.6 is 15.9 Å². The van der Waals surface area contributed by atoms with Crippen LogP contribution in [0.3, 0.4) is 0 Å². The number of carbonyl (C=O) groups excluding carboxylic acids is 1. The summed E-state index contributed by atoms with van der Waals surface area (Å²) in [5, 5.41) is 2.70. The third kappa shape index (κ3) is 4.46. The number of hydrogen-bond acceptors (Lipinski definition) is 3. The first-order valence-corrected chi connectivity index (χ1v) is 7.36. The van der Waals surface area contributed by atoms with Crippen LogP contribution in [0.1, 0.15) is 5.56 Å². The van der Waals surface area contributed by atoms with Gasteiger partial charge in [-0.25, -0.2) is 4.39 Å². The number of methoxy groups -OCH3 is 1. The van der Waals surface area contributed by atoms with E-state index in [1.165, 1.54) is 12.1 Å². The minimum absolute atomic E-state index is 0.0376. The number of amides is 1. The fraction of sp³-hybridized carbons (Fsp3) is 0.188. The maximum atomic E-state index is 13.5. The molecule has 0 aliphatic heterocycles. The van der Waals surface area contributed by atoms with Crippen LogP contribution in [-0.4, -0.2) is 19.6 Å². The standard InChI is InChI=1S/C16H15BrFNO3/c1-21-14-5-3-2-4-11(14)9-19-16(20)10-22-15-7-6-12(17)8-13(15)18/h2-8H,9-10H2,1H3,(H,19,20). The second-order valence-corrected chi connectivity index (χ2v) is 5.37. The molecule has 0 unspecified atom stereocenters. The zero-order chi connectivity index (χ0) is 15.9. The van der Waals surface area contributed by atoms with E-state index in [1.54, 1.807) is 13.2 Å². The second kappa shape index (κ2) is 7.79. The first-order valence-electron chi connectivity index (χ1n) is 6.56. The molecular weight excluding hydrogens is 353 g/mol. The summed E-state index contributed by atoms with van der Waals surface area (Å²) in [6.07, 6.45) is 0. The van der Waals surface area contributed by atoms with Crippen molar-refractivity contribution in [2.75, 3.05) is 13.7 Å². The van der Waals surface area contributed by atoms with Gasteiger partial charge in [-0.15, -0.1) is 0 Å². The summed E-state index contributed by atoms with van der Waals surface area (Å²) >= 11 is 3.15. The molecule has 0 aromatic heterocycles. The zero-order valence-electron chi connectivity index (χ0n) is 11.9. The first kappa shape index (κ1) is 16.3. The van der Waals surface area contributed by atoms with E-state index < -0.39 is 5.82 Å². The molecule has 2 aromatic carbocycles. The van der Waals surface area contributed by atoms with Crippen molar-refractivity contribution in [3.05, 3.63) is 58.3 Å². The number of halogens is 2. The van der Waals surface area contributed by atoms with Gasteiger partial charge in [0.05, 0.1) is 7.11 Å². The van der Waals surface area contributed by atoms with Gasteiger partial charge in [0.15, 0.2) is 18.2 Å². The maximum absolute atomic E-state index is 13.5. The van der Waals surface area contributed by atoms with E-state index in [0.29, 0.717) is 16.8 Å². The largest absolute Gasteiger partial charge is 0.496 e. The first-order chi connectivity index (χ1) is 10.6. The van der Waals surface area contributed by atoms with Crippen molar-refractivity contribution in [3.63, 3.8) is 0 Å². The van der Waals surface area contributed by atoms with Crippen LogP contribution < -0.4 is 14.8 Å². The van der Waals surface area contributed by atoms with Crippen molar-refractivity contribution in [2.24, 2.45) is 0 Å². The SMILES string of the molecule is COc1ccccc1CNC(=O)COc1ccc(Br)cc1F. The number of hydrogen-bond donors (Lipinski definition) is 1. The van der Waals surface area contributed by atoms with Gasteiger partial charge in [-0.2, -0.15) is 0 Å². The highest BCUT2D eigenvalue weighted by atomic mass is 79.9. The molecule has 1 amide bonds. The summed E-state index contributed by atoms with van der Waals surface area (Å²) in [4.78, 5) is 11.8. The predicted molar refractivity (Wildman–Crippen MR) is 84.4 cm³/mol. The van der Waals surface area contributed by atoms with Gasteiger partial charge in [-0.05, 0) is 24.3 Å².